The Bertz CT molecular complexity index is 542. The Morgan fingerprint density at radius 1 is 1.42 bits per heavy atom. The zero-order valence-corrected chi connectivity index (χ0v) is 13.1. The van der Waals surface area contributed by atoms with Gasteiger partial charge in [0.25, 0.3) is 0 Å². The first-order valence-corrected chi connectivity index (χ1v) is 7.48. The molecule has 0 atom stereocenters. The van der Waals surface area contributed by atoms with Gasteiger partial charge in [0.05, 0.1) is 6.20 Å². The van der Waals surface area contributed by atoms with E-state index in [-0.39, 0.29) is 0 Å². The van der Waals surface area contributed by atoms with Crippen LogP contribution in [0.15, 0.2) is 33.3 Å². The van der Waals surface area contributed by atoms with Gasteiger partial charge in [0.1, 0.15) is 0 Å². The van der Waals surface area contributed by atoms with Crippen LogP contribution in [-0.4, -0.2) is 18.1 Å². The van der Waals surface area contributed by atoms with Crippen LogP contribution in [0.3, 0.4) is 0 Å². The molecule has 102 valence electrons. The third kappa shape index (κ3) is 4.06. The second kappa shape index (κ2) is 7.08. The van der Waals surface area contributed by atoms with E-state index in [0.29, 0.717) is 5.02 Å². The number of benzene rings is 1. The maximum Gasteiger partial charge on any atom is 0.194 e. The molecule has 0 aliphatic carbocycles. The van der Waals surface area contributed by atoms with E-state index in [9.17, 15) is 0 Å². The van der Waals surface area contributed by atoms with Crippen molar-refractivity contribution in [3.8, 4) is 11.3 Å². The average Bonchev–Trinajstić information content (AvgIpc) is 2.83. The lowest BCUT2D eigenvalue weighted by molar-refractivity contribution is 0.493. The van der Waals surface area contributed by atoms with E-state index in [1.54, 1.807) is 6.20 Å². The Morgan fingerprint density at radius 2 is 2.26 bits per heavy atom. The van der Waals surface area contributed by atoms with Gasteiger partial charge >= 0.3 is 0 Å². The Balaban J connectivity index is 2.04. The Hall–Kier alpha value is -0.840. The van der Waals surface area contributed by atoms with Gasteiger partial charge in [0, 0.05) is 21.5 Å². The summed E-state index contributed by atoms with van der Waals surface area (Å²) in [6.45, 7) is 4.08. The molecule has 2 rings (SSSR count). The molecule has 0 aliphatic heterocycles. The van der Waals surface area contributed by atoms with E-state index < -0.39 is 0 Å². The summed E-state index contributed by atoms with van der Waals surface area (Å²) in [5.74, 6) is 1.54. The lowest BCUT2D eigenvalue weighted by Gasteiger charge is -2.01. The van der Waals surface area contributed by atoms with Crippen LogP contribution in [0.5, 0.6) is 0 Å². The van der Waals surface area contributed by atoms with Gasteiger partial charge in [0.2, 0.25) is 0 Å². The van der Waals surface area contributed by atoms with Crippen molar-refractivity contribution in [1.29, 1.82) is 0 Å². The maximum atomic E-state index is 5.92. The minimum absolute atomic E-state index is 0.695. The van der Waals surface area contributed by atoms with Crippen molar-refractivity contribution in [2.45, 2.75) is 19.8 Å². The van der Waals surface area contributed by atoms with Crippen LogP contribution < -0.4 is 5.32 Å². The molecule has 0 saturated carbocycles. The monoisotopic (exact) mass is 342 g/mol. The van der Waals surface area contributed by atoms with Crippen LogP contribution in [0.25, 0.3) is 11.3 Å². The number of aryl methyl sites for hydroxylation is 1. The summed E-state index contributed by atoms with van der Waals surface area (Å²) >= 11 is 9.41. The Kier molecular flexibility index (Phi) is 5.43. The molecular formula is C14H16BrClN2O. The van der Waals surface area contributed by atoms with Gasteiger partial charge in [-0.05, 0) is 53.6 Å². The van der Waals surface area contributed by atoms with Gasteiger partial charge in [-0.3, -0.25) is 0 Å². The zero-order chi connectivity index (χ0) is 13.7. The van der Waals surface area contributed by atoms with Crippen LogP contribution in [0.1, 0.15) is 19.2 Å². The van der Waals surface area contributed by atoms with Crippen molar-refractivity contribution in [2.75, 3.05) is 13.1 Å². The Labute approximate surface area is 126 Å². The highest BCUT2D eigenvalue weighted by molar-refractivity contribution is 9.10. The first kappa shape index (κ1) is 14.6. The minimum atomic E-state index is 0.695. The van der Waals surface area contributed by atoms with Crippen LogP contribution in [0.4, 0.5) is 0 Å². The first-order chi connectivity index (χ1) is 9.20. The lowest BCUT2D eigenvalue weighted by Crippen LogP contribution is -2.14. The fraction of sp³-hybridized carbons (Fsp3) is 0.357. The van der Waals surface area contributed by atoms with E-state index in [1.807, 2.05) is 18.2 Å². The third-order valence-corrected chi connectivity index (χ3v) is 3.64. The van der Waals surface area contributed by atoms with E-state index in [4.69, 9.17) is 16.0 Å². The highest BCUT2D eigenvalue weighted by Gasteiger charge is 2.09. The number of hydrogen-bond acceptors (Lipinski definition) is 3. The van der Waals surface area contributed by atoms with E-state index >= 15 is 0 Å². The van der Waals surface area contributed by atoms with Gasteiger partial charge < -0.3 is 9.73 Å². The molecule has 2 aromatic rings. The van der Waals surface area contributed by atoms with Crippen molar-refractivity contribution in [1.82, 2.24) is 10.3 Å². The van der Waals surface area contributed by atoms with Crippen LogP contribution in [0.2, 0.25) is 5.02 Å². The molecule has 0 bridgehead atoms. The van der Waals surface area contributed by atoms with Crippen molar-refractivity contribution >= 4 is 27.5 Å². The van der Waals surface area contributed by atoms with E-state index in [1.165, 1.54) is 0 Å². The first-order valence-electron chi connectivity index (χ1n) is 6.31. The van der Waals surface area contributed by atoms with Crippen molar-refractivity contribution < 1.29 is 4.42 Å². The molecule has 3 nitrogen and oxygen atoms in total. The predicted molar refractivity (Wildman–Crippen MR) is 81.5 cm³/mol. The topological polar surface area (TPSA) is 38.1 Å². The summed E-state index contributed by atoms with van der Waals surface area (Å²) < 4.78 is 6.67. The van der Waals surface area contributed by atoms with E-state index in [2.05, 4.69) is 33.2 Å². The average molecular weight is 344 g/mol. The van der Waals surface area contributed by atoms with Crippen molar-refractivity contribution in [3.63, 3.8) is 0 Å². The minimum Gasteiger partial charge on any atom is -0.441 e. The van der Waals surface area contributed by atoms with Crippen molar-refractivity contribution in [3.05, 3.63) is 39.8 Å². The van der Waals surface area contributed by atoms with Gasteiger partial charge in [-0.2, -0.15) is 0 Å². The number of nitrogens with zero attached hydrogens (tertiary/aromatic N) is 1. The SMILES string of the molecule is CCNCCCc1ncc(-c2ccc(Cl)cc2Br)o1. The quantitative estimate of drug-likeness (QED) is 0.795. The third-order valence-electron chi connectivity index (χ3n) is 2.74. The second-order valence-corrected chi connectivity index (χ2v) is 5.49. The number of aromatic nitrogens is 1. The zero-order valence-electron chi connectivity index (χ0n) is 10.7. The number of oxazole rings is 1. The van der Waals surface area contributed by atoms with Crippen LogP contribution in [-0.2, 0) is 6.42 Å². The highest BCUT2D eigenvalue weighted by atomic mass is 79.9. The van der Waals surface area contributed by atoms with Crippen LogP contribution in [0, 0.1) is 0 Å². The summed E-state index contributed by atoms with van der Waals surface area (Å²) in [5, 5.41) is 3.98. The molecule has 1 aromatic carbocycles. The van der Waals surface area contributed by atoms with Gasteiger partial charge in [0.15, 0.2) is 11.7 Å². The van der Waals surface area contributed by atoms with Gasteiger partial charge in [-0.15, -0.1) is 0 Å². The second-order valence-electron chi connectivity index (χ2n) is 4.20. The molecule has 1 heterocycles. The van der Waals surface area contributed by atoms with Gasteiger partial charge in [-0.1, -0.05) is 18.5 Å². The highest BCUT2D eigenvalue weighted by Crippen LogP contribution is 2.31. The number of hydrogen-bond donors (Lipinski definition) is 1. The van der Waals surface area contributed by atoms with Gasteiger partial charge in [-0.25, -0.2) is 4.98 Å². The summed E-state index contributed by atoms with van der Waals surface area (Å²) in [5.41, 5.74) is 0.967. The molecule has 0 unspecified atom stereocenters. The van der Waals surface area contributed by atoms with E-state index in [0.717, 1.165) is 47.6 Å². The molecule has 0 radical (unpaired) electrons. The number of nitrogens with one attached hydrogen (secondary N) is 1. The largest absolute Gasteiger partial charge is 0.441 e. The smallest absolute Gasteiger partial charge is 0.194 e. The summed E-state index contributed by atoms with van der Waals surface area (Å²) in [7, 11) is 0. The molecule has 0 spiro atoms. The normalized spacial score (nSPS) is 10.9. The molecule has 0 aliphatic rings. The maximum absolute atomic E-state index is 5.92. The molecule has 0 saturated heterocycles. The number of halogens is 2. The Morgan fingerprint density at radius 3 is 3.00 bits per heavy atom. The lowest BCUT2D eigenvalue weighted by atomic mass is 10.2. The fourth-order valence-corrected chi connectivity index (χ4v) is 2.66. The molecule has 1 N–H and O–H groups in total. The summed E-state index contributed by atoms with van der Waals surface area (Å²) in [6.07, 6.45) is 3.63. The molecular weight excluding hydrogens is 328 g/mol. The molecule has 1 aromatic heterocycles. The predicted octanol–water partition coefficient (Wildman–Crippen LogP) is 4.30. The summed E-state index contributed by atoms with van der Waals surface area (Å²) in [6, 6.07) is 5.62. The fourth-order valence-electron chi connectivity index (χ4n) is 1.78. The van der Waals surface area contributed by atoms with Crippen molar-refractivity contribution in [2.24, 2.45) is 0 Å². The standard InChI is InChI=1S/C14H16BrClN2O/c1-2-17-7-3-4-14-18-9-13(19-14)11-6-5-10(16)8-12(11)15/h5-6,8-9,17H,2-4,7H2,1H3. The number of rotatable bonds is 6. The van der Waals surface area contributed by atoms with Crippen LogP contribution >= 0.6 is 27.5 Å². The summed E-state index contributed by atoms with van der Waals surface area (Å²) in [4.78, 5) is 4.31. The molecule has 19 heavy (non-hydrogen) atoms. The molecule has 0 fully saturated rings. The molecule has 5 heteroatoms. The molecule has 0 amide bonds.